The van der Waals surface area contributed by atoms with Crippen LogP contribution in [0.2, 0.25) is 5.15 Å². The zero-order valence-corrected chi connectivity index (χ0v) is 5.11. The molecule has 0 unspecified atom stereocenters. The first-order valence-corrected chi connectivity index (χ1v) is 2.54. The van der Waals surface area contributed by atoms with Crippen LogP contribution < -0.4 is 0 Å². The Morgan fingerprint density at radius 2 is 2.38 bits per heavy atom. The van der Waals surface area contributed by atoms with Gasteiger partial charge in [0, 0.05) is 5.69 Å². The summed E-state index contributed by atoms with van der Waals surface area (Å²) in [5.74, 6) is 0. The molecule has 0 saturated heterocycles. The highest BCUT2D eigenvalue weighted by Gasteiger charge is 1.86. The van der Waals surface area contributed by atoms with Crippen LogP contribution in [0, 0.1) is 13.3 Å². The van der Waals surface area contributed by atoms with Crippen molar-refractivity contribution in [1.82, 2.24) is 9.97 Å². The first-order chi connectivity index (χ1) is 3.79. The van der Waals surface area contributed by atoms with Crippen LogP contribution in [0.1, 0.15) is 5.69 Å². The molecule has 0 aromatic carbocycles. The smallest absolute Gasteiger partial charge is 0.199 e. The monoisotopic (exact) mass is 127 g/mol. The summed E-state index contributed by atoms with van der Waals surface area (Å²) < 4.78 is 0. The van der Waals surface area contributed by atoms with Crippen LogP contribution in [0.4, 0.5) is 0 Å². The molecule has 2 nitrogen and oxygen atoms in total. The molecule has 0 N–H and O–H groups in total. The average molecular weight is 128 g/mol. The molecule has 1 aromatic rings. The zero-order valence-electron chi connectivity index (χ0n) is 4.35. The third kappa shape index (κ3) is 1.17. The Kier molecular flexibility index (Phi) is 1.44. The number of hydrogen-bond acceptors (Lipinski definition) is 2. The molecule has 0 aliphatic rings. The summed E-state index contributed by atoms with van der Waals surface area (Å²) in [5.41, 5.74) is 0.838. The second-order valence-electron chi connectivity index (χ2n) is 1.43. The van der Waals surface area contributed by atoms with Gasteiger partial charge in [0.25, 0.3) is 0 Å². The van der Waals surface area contributed by atoms with Crippen LogP contribution >= 0.6 is 11.6 Å². The molecule has 0 atom stereocenters. The van der Waals surface area contributed by atoms with Gasteiger partial charge in [-0.25, -0.2) is 9.97 Å². The Morgan fingerprint density at radius 1 is 1.62 bits per heavy atom. The van der Waals surface area contributed by atoms with Gasteiger partial charge < -0.3 is 0 Å². The standard InChI is InChI=1S/C5H4ClN2/c1-4-2-5(6)8-3-7-4/h2H,1H3. The predicted molar refractivity (Wildman–Crippen MR) is 30.6 cm³/mol. The highest BCUT2D eigenvalue weighted by molar-refractivity contribution is 6.29. The summed E-state index contributed by atoms with van der Waals surface area (Å²) >= 11 is 5.46. The second kappa shape index (κ2) is 2.09. The fourth-order valence-electron chi connectivity index (χ4n) is 0.389. The van der Waals surface area contributed by atoms with Gasteiger partial charge in [-0.1, -0.05) is 11.6 Å². The first-order valence-electron chi connectivity index (χ1n) is 2.16. The number of aromatic nitrogens is 2. The van der Waals surface area contributed by atoms with Gasteiger partial charge in [-0.3, -0.25) is 0 Å². The van der Waals surface area contributed by atoms with E-state index in [4.69, 9.17) is 11.6 Å². The van der Waals surface area contributed by atoms with Crippen LogP contribution in [0.3, 0.4) is 0 Å². The van der Waals surface area contributed by atoms with Gasteiger partial charge in [-0.15, -0.1) is 0 Å². The van der Waals surface area contributed by atoms with Crippen molar-refractivity contribution in [1.29, 1.82) is 0 Å². The number of aryl methyl sites for hydroxylation is 1. The van der Waals surface area contributed by atoms with E-state index >= 15 is 0 Å². The van der Waals surface area contributed by atoms with Gasteiger partial charge in [-0.05, 0) is 13.0 Å². The molecule has 3 heteroatoms. The lowest BCUT2D eigenvalue weighted by Crippen LogP contribution is -1.81. The fraction of sp³-hybridized carbons (Fsp3) is 0.200. The van der Waals surface area contributed by atoms with Crippen LogP contribution in [0.25, 0.3) is 0 Å². The first kappa shape index (κ1) is 5.51. The van der Waals surface area contributed by atoms with Crippen molar-refractivity contribution in [2.24, 2.45) is 0 Å². The third-order valence-electron chi connectivity index (χ3n) is 0.711. The average Bonchev–Trinajstić information content (AvgIpc) is 1.64. The van der Waals surface area contributed by atoms with Gasteiger partial charge in [0.15, 0.2) is 6.33 Å². The minimum atomic E-state index is 0.442. The lowest BCUT2D eigenvalue weighted by molar-refractivity contribution is 1.09. The van der Waals surface area contributed by atoms with Crippen LogP contribution in [-0.4, -0.2) is 9.97 Å². The third-order valence-corrected chi connectivity index (χ3v) is 0.905. The molecule has 1 heterocycles. The molecule has 0 saturated carbocycles. The van der Waals surface area contributed by atoms with Gasteiger partial charge in [0.1, 0.15) is 5.15 Å². The Hall–Kier alpha value is -0.630. The minimum absolute atomic E-state index is 0.442. The molecule has 8 heavy (non-hydrogen) atoms. The van der Waals surface area contributed by atoms with E-state index in [1.54, 1.807) is 6.07 Å². The molecular weight excluding hydrogens is 124 g/mol. The molecule has 0 aliphatic heterocycles. The highest BCUT2D eigenvalue weighted by Crippen LogP contribution is 2.00. The van der Waals surface area contributed by atoms with Gasteiger partial charge >= 0.3 is 0 Å². The molecular formula is C5H4ClN2. The number of nitrogens with zero attached hydrogens (tertiary/aromatic N) is 2. The van der Waals surface area contributed by atoms with Crippen molar-refractivity contribution in [2.75, 3.05) is 0 Å². The Balaban J connectivity index is 3.08. The Labute approximate surface area is 52.5 Å². The normalized spacial score (nSPS) is 9.25. The lowest BCUT2D eigenvalue weighted by Gasteiger charge is -1.86. The molecule has 0 spiro atoms. The summed E-state index contributed by atoms with van der Waals surface area (Å²) in [4.78, 5) is 7.29. The predicted octanol–water partition coefficient (Wildman–Crippen LogP) is 1.24. The van der Waals surface area contributed by atoms with E-state index in [-0.39, 0.29) is 0 Å². The topological polar surface area (TPSA) is 25.8 Å². The fourth-order valence-corrected chi connectivity index (χ4v) is 0.584. The molecule has 41 valence electrons. The molecule has 0 fully saturated rings. The molecule has 1 radical (unpaired) electrons. The SMILES string of the molecule is Cc1cc(Cl)n[c]n1. The molecule has 1 rings (SSSR count). The summed E-state index contributed by atoms with van der Waals surface area (Å²) in [6, 6.07) is 1.68. The van der Waals surface area contributed by atoms with Gasteiger partial charge in [0.2, 0.25) is 0 Å². The van der Waals surface area contributed by atoms with Gasteiger partial charge in [0.05, 0.1) is 0 Å². The summed E-state index contributed by atoms with van der Waals surface area (Å²) in [6.07, 6.45) is 2.40. The zero-order chi connectivity index (χ0) is 5.98. The number of halogens is 1. The van der Waals surface area contributed by atoms with Crippen molar-refractivity contribution in [3.8, 4) is 0 Å². The largest absolute Gasteiger partial charge is 0.231 e. The van der Waals surface area contributed by atoms with E-state index in [0.29, 0.717) is 5.15 Å². The van der Waals surface area contributed by atoms with Gasteiger partial charge in [-0.2, -0.15) is 0 Å². The van der Waals surface area contributed by atoms with Crippen LogP contribution in [0.5, 0.6) is 0 Å². The minimum Gasteiger partial charge on any atom is -0.231 e. The maximum absolute atomic E-state index is 5.46. The number of hydrogen-bond donors (Lipinski definition) is 0. The van der Waals surface area contributed by atoms with Crippen molar-refractivity contribution in [2.45, 2.75) is 6.92 Å². The Morgan fingerprint density at radius 3 is 2.75 bits per heavy atom. The highest BCUT2D eigenvalue weighted by atomic mass is 35.5. The van der Waals surface area contributed by atoms with E-state index in [9.17, 15) is 0 Å². The second-order valence-corrected chi connectivity index (χ2v) is 1.82. The van der Waals surface area contributed by atoms with E-state index in [1.165, 1.54) is 0 Å². The van der Waals surface area contributed by atoms with Crippen LogP contribution in [-0.2, 0) is 0 Å². The summed E-state index contributed by atoms with van der Waals surface area (Å²) in [6.45, 7) is 1.84. The quantitative estimate of drug-likeness (QED) is 0.490. The van der Waals surface area contributed by atoms with Crippen molar-refractivity contribution in [3.63, 3.8) is 0 Å². The molecule has 0 amide bonds. The van der Waals surface area contributed by atoms with E-state index in [1.807, 2.05) is 6.92 Å². The van der Waals surface area contributed by atoms with Crippen LogP contribution in [0.15, 0.2) is 6.07 Å². The van der Waals surface area contributed by atoms with E-state index in [2.05, 4.69) is 16.3 Å². The maximum Gasteiger partial charge on any atom is 0.199 e. The summed E-state index contributed by atoms with van der Waals surface area (Å²) in [7, 11) is 0. The van der Waals surface area contributed by atoms with Crippen molar-refractivity contribution < 1.29 is 0 Å². The maximum atomic E-state index is 5.46. The molecule has 1 aromatic heterocycles. The number of rotatable bonds is 0. The lowest BCUT2D eigenvalue weighted by atomic mass is 10.5. The van der Waals surface area contributed by atoms with Crippen molar-refractivity contribution >= 4 is 11.6 Å². The van der Waals surface area contributed by atoms with Crippen molar-refractivity contribution in [3.05, 3.63) is 23.2 Å². The Bertz CT molecular complexity index is 170. The summed E-state index contributed by atoms with van der Waals surface area (Å²) in [5, 5.41) is 0.442. The van der Waals surface area contributed by atoms with E-state index < -0.39 is 0 Å². The molecule has 0 bridgehead atoms. The molecule has 0 aliphatic carbocycles. The van der Waals surface area contributed by atoms with E-state index in [0.717, 1.165) is 5.69 Å².